The molecule has 0 radical (unpaired) electrons. The summed E-state index contributed by atoms with van der Waals surface area (Å²) in [6, 6.07) is 0.643. The molecule has 2 rings (SSSR count). The van der Waals surface area contributed by atoms with Crippen molar-refractivity contribution >= 4 is 0 Å². The van der Waals surface area contributed by atoms with Crippen molar-refractivity contribution in [3.8, 4) is 0 Å². The van der Waals surface area contributed by atoms with Crippen LogP contribution in [0.25, 0.3) is 0 Å². The van der Waals surface area contributed by atoms with Crippen LogP contribution in [-0.4, -0.2) is 66.8 Å². The number of likely N-dealkylation sites (tertiary alicyclic amines) is 2. The molecule has 2 unspecified atom stereocenters. The van der Waals surface area contributed by atoms with Crippen molar-refractivity contribution in [1.82, 2.24) is 9.80 Å². The van der Waals surface area contributed by atoms with Crippen LogP contribution in [0.3, 0.4) is 0 Å². The fourth-order valence-electron chi connectivity index (χ4n) is 4.14. The second kappa shape index (κ2) is 6.95. The van der Waals surface area contributed by atoms with E-state index in [0.29, 0.717) is 6.04 Å². The van der Waals surface area contributed by atoms with Gasteiger partial charge in [0, 0.05) is 38.3 Å². The molecule has 0 aromatic rings. The minimum atomic E-state index is 0.00442. The number of nitrogens with two attached hydrogens (primary N) is 1. The Morgan fingerprint density at radius 2 is 1.81 bits per heavy atom. The molecule has 0 aromatic carbocycles. The van der Waals surface area contributed by atoms with E-state index >= 15 is 0 Å². The van der Waals surface area contributed by atoms with Crippen molar-refractivity contribution in [2.75, 3.05) is 39.8 Å². The number of hydrogen-bond acceptors (Lipinski definition) is 4. The average molecular weight is 297 g/mol. The summed E-state index contributed by atoms with van der Waals surface area (Å²) in [4.78, 5) is 5.26. The highest BCUT2D eigenvalue weighted by Crippen LogP contribution is 2.34. The highest BCUT2D eigenvalue weighted by Gasteiger charge is 2.42. The summed E-state index contributed by atoms with van der Waals surface area (Å²) >= 11 is 0. The van der Waals surface area contributed by atoms with Crippen molar-refractivity contribution in [3.63, 3.8) is 0 Å². The van der Waals surface area contributed by atoms with Gasteiger partial charge in [-0.15, -0.1) is 0 Å². The number of piperidine rings is 1. The summed E-state index contributed by atoms with van der Waals surface area (Å²) in [7, 11) is 1.85. The van der Waals surface area contributed by atoms with Crippen molar-refractivity contribution in [2.45, 2.75) is 70.1 Å². The zero-order valence-corrected chi connectivity index (χ0v) is 14.5. The molecule has 4 heteroatoms. The Labute approximate surface area is 131 Å². The molecule has 2 atom stereocenters. The maximum atomic E-state index is 6.29. The lowest BCUT2D eigenvalue weighted by molar-refractivity contribution is -0.0829. The van der Waals surface area contributed by atoms with Crippen LogP contribution in [0.2, 0.25) is 0 Å². The van der Waals surface area contributed by atoms with E-state index in [1.165, 1.54) is 51.7 Å². The number of nitrogens with zero attached hydrogens (tertiary/aromatic N) is 2. The molecule has 2 aliphatic heterocycles. The van der Waals surface area contributed by atoms with Gasteiger partial charge in [-0.3, -0.25) is 4.90 Å². The van der Waals surface area contributed by atoms with Crippen LogP contribution >= 0.6 is 0 Å². The summed E-state index contributed by atoms with van der Waals surface area (Å²) in [5, 5.41) is 0. The molecule has 124 valence electrons. The second-order valence-electron chi connectivity index (χ2n) is 7.59. The first kappa shape index (κ1) is 17.2. The second-order valence-corrected chi connectivity index (χ2v) is 7.59. The Morgan fingerprint density at radius 3 is 2.43 bits per heavy atom. The molecule has 2 saturated heterocycles. The van der Waals surface area contributed by atoms with Gasteiger partial charge in [0.25, 0.3) is 0 Å². The topological polar surface area (TPSA) is 41.7 Å². The van der Waals surface area contributed by atoms with Crippen LogP contribution in [0.15, 0.2) is 0 Å². The fourth-order valence-corrected chi connectivity index (χ4v) is 4.14. The molecule has 2 heterocycles. The molecule has 0 saturated carbocycles. The molecule has 4 nitrogen and oxygen atoms in total. The van der Waals surface area contributed by atoms with Crippen molar-refractivity contribution < 1.29 is 4.74 Å². The molecule has 0 bridgehead atoms. The first-order chi connectivity index (χ1) is 9.95. The molecule has 21 heavy (non-hydrogen) atoms. The third kappa shape index (κ3) is 3.79. The van der Waals surface area contributed by atoms with Crippen LogP contribution < -0.4 is 5.73 Å². The van der Waals surface area contributed by atoms with Gasteiger partial charge in [-0.25, -0.2) is 0 Å². The number of hydrogen-bond donors (Lipinski definition) is 1. The Bertz CT molecular complexity index is 336. The Hall–Kier alpha value is -0.160. The largest absolute Gasteiger partial charge is 0.377 e. The minimum absolute atomic E-state index is 0.00442. The summed E-state index contributed by atoms with van der Waals surface area (Å²) in [5.41, 5.74) is 6.48. The van der Waals surface area contributed by atoms with E-state index in [1.54, 1.807) is 0 Å². The predicted octanol–water partition coefficient (Wildman–Crippen LogP) is 2.08. The molecule has 0 aliphatic carbocycles. The third-order valence-corrected chi connectivity index (χ3v) is 5.88. The van der Waals surface area contributed by atoms with Crippen LogP contribution in [0, 0.1) is 0 Å². The van der Waals surface area contributed by atoms with Crippen LogP contribution in [0.4, 0.5) is 0 Å². The molecule has 2 fully saturated rings. The molecular weight excluding hydrogens is 262 g/mol. The van der Waals surface area contributed by atoms with Crippen molar-refractivity contribution in [3.05, 3.63) is 0 Å². The molecular formula is C17H35N3O. The van der Waals surface area contributed by atoms with Gasteiger partial charge in [-0.2, -0.15) is 0 Å². The standard InChI is InChI=1S/C17H35N3O/c1-15(2)19-10-6-8-17(13-18,9-12-19)20-11-5-7-16(3,14-20)21-4/h15H,5-14,18H2,1-4H3. The van der Waals surface area contributed by atoms with Crippen LogP contribution in [0.1, 0.15) is 52.9 Å². The van der Waals surface area contributed by atoms with Gasteiger partial charge in [0.1, 0.15) is 0 Å². The smallest absolute Gasteiger partial charge is 0.0777 e. The molecule has 2 N–H and O–H groups in total. The first-order valence-electron chi connectivity index (χ1n) is 8.69. The maximum absolute atomic E-state index is 6.29. The van der Waals surface area contributed by atoms with E-state index in [-0.39, 0.29) is 11.1 Å². The summed E-state index contributed by atoms with van der Waals surface area (Å²) in [6.45, 7) is 12.2. The van der Waals surface area contributed by atoms with Gasteiger partial charge in [-0.05, 0) is 66.0 Å². The summed E-state index contributed by atoms with van der Waals surface area (Å²) in [6.07, 6.45) is 6.07. The fraction of sp³-hybridized carbons (Fsp3) is 1.00. The summed E-state index contributed by atoms with van der Waals surface area (Å²) < 4.78 is 5.79. The van der Waals surface area contributed by atoms with Gasteiger partial charge >= 0.3 is 0 Å². The van der Waals surface area contributed by atoms with Crippen molar-refractivity contribution in [2.24, 2.45) is 5.73 Å². The first-order valence-corrected chi connectivity index (χ1v) is 8.69. The lowest BCUT2D eigenvalue weighted by Crippen LogP contribution is -2.61. The quantitative estimate of drug-likeness (QED) is 0.862. The van der Waals surface area contributed by atoms with E-state index in [1.807, 2.05) is 7.11 Å². The highest BCUT2D eigenvalue weighted by atomic mass is 16.5. The zero-order chi connectivity index (χ0) is 15.5. The SMILES string of the molecule is COC1(C)CCCN(C2(CN)CCCN(C(C)C)CC2)C1. The average Bonchev–Trinajstić information content (AvgIpc) is 2.71. The summed E-state index contributed by atoms with van der Waals surface area (Å²) in [5.74, 6) is 0. The lowest BCUT2D eigenvalue weighted by Gasteiger charge is -2.50. The minimum Gasteiger partial charge on any atom is -0.377 e. The monoisotopic (exact) mass is 297 g/mol. The number of rotatable bonds is 4. The molecule has 0 amide bonds. The van der Waals surface area contributed by atoms with E-state index in [2.05, 4.69) is 30.6 Å². The molecule has 0 spiro atoms. The van der Waals surface area contributed by atoms with Gasteiger partial charge in [-0.1, -0.05) is 0 Å². The van der Waals surface area contributed by atoms with E-state index in [4.69, 9.17) is 10.5 Å². The highest BCUT2D eigenvalue weighted by molar-refractivity contribution is 4.99. The van der Waals surface area contributed by atoms with Gasteiger partial charge in [0.2, 0.25) is 0 Å². The van der Waals surface area contributed by atoms with E-state index in [0.717, 1.165) is 13.1 Å². The number of ether oxygens (including phenoxy) is 1. The molecule has 0 aromatic heterocycles. The van der Waals surface area contributed by atoms with Gasteiger partial charge < -0.3 is 15.4 Å². The predicted molar refractivity (Wildman–Crippen MR) is 88.6 cm³/mol. The van der Waals surface area contributed by atoms with Crippen LogP contribution in [0.5, 0.6) is 0 Å². The zero-order valence-electron chi connectivity index (χ0n) is 14.5. The van der Waals surface area contributed by atoms with Crippen molar-refractivity contribution in [1.29, 1.82) is 0 Å². The van der Waals surface area contributed by atoms with E-state index in [9.17, 15) is 0 Å². The molecule has 2 aliphatic rings. The van der Waals surface area contributed by atoms with Gasteiger partial charge in [0.05, 0.1) is 5.60 Å². The third-order valence-electron chi connectivity index (χ3n) is 5.88. The van der Waals surface area contributed by atoms with Gasteiger partial charge in [0.15, 0.2) is 0 Å². The van der Waals surface area contributed by atoms with Crippen LogP contribution in [-0.2, 0) is 4.74 Å². The Kier molecular flexibility index (Phi) is 5.69. The Balaban J connectivity index is 2.10. The van der Waals surface area contributed by atoms with E-state index < -0.39 is 0 Å². The normalized spacial score (nSPS) is 36.9. The number of methoxy groups -OCH3 is 1. The maximum Gasteiger partial charge on any atom is 0.0777 e. The lowest BCUT2D eigenvalue weighted by atomic mass is 9.83. The Morgan fingerprint density at radius 1 is 1.10 bits per heavy atom.